The van der Waals surface area contributed by atoms with Crippen molar-refractivity contribution in [3.63, 3.8) is 0 Å². The molecule has 2 rings (SSSR count). The molecule has 0 bridgehead atoms. The molecule has 108 valence electrons. The SMILES string of the molecule is O=C(NCCc1cccc(F)c1)[C@@H]1CC[C@H](C(=O)O)O1. The van der Waals surface area contributed by atoms with Gasteiger partial charge in [0.25, 0.3) is 0 Å². The molecule has 1 aliphatic heterocycles. The van der Waals surface area contributed by atoms with Crippen molar-refractivity contribution in [2.75, 3.05) is 6.54 Å². The third-order valence-corrected chi connectivity index (χ3v) is 3.19. The third kappa shape index (κ3) is 3.77. The van der Waals surface area contributed by atoms with Gasteiger partial charge < -0.3 is 15.2 Å². The highest BCUT2D eigenvalue weighted by Crippen LogP contribution is 2.19. The molecular formula is C14H16FNO4. The molecule has 1 aliphatic rings. The topological polar surface area (TPSA) is 75.6 Å². The molecule has 0 unspecified atom stereocenters. The molecule has 0 aromatic heterocycles. The predicted octanol–water partition coefficient (Wildman–Crippen LogP) is 1.12. The molecule has 0 radical (unpaired) electrons. The standard InChI is InChI=1S/C14H16FNO4/c15-10-3-1-2-9(8-10)6-7-16-13(17)11-4-5-12(20-11)14(18)19/h1-3,8,11-12H,4-7H2,(H,16,17)(H,18,19)/t11-,12+/m0/s1. The van der Waals surface area contributed by atoms with E-state index in [2.05, 4.69) is 5.32 Å². The Labute approximate surface area is 115 Å². The van der Waals surface area contributed by atoms with E-state index in [0.29, 0.717) is 25.8 Å². The summed E-state index contributed by atoms with van der Waals surface area (Å²) in [7, 11) is 0. The summed E-state index contributed by atoms with van der Waals surface area (Å²) in [6.45, 7) is 0.361. The number of halogens is 1. The monoisotopic (exact) mass is 281 g/mol. The highest BCUT2D eigenvalue weighted by atomic mass is 19.1. The van der Waals surface area contributed by atoms with Crippen molar-refractivity contribution in [3.8, 4) is 0 Å². The van der Waals surface area contributed by atoms with Gasteiger partial charge in [0, 0.05) is 6.54 Å². The summed E-state index contributed by atoms with van der Waals surface area (Å²) >= 11 is 0. The summed E-state index contributed by atoms with van der Waals surface area (Å²) in [4.78, 5) is 22.5. The molecule has 1 fully saturated rings. The second kappa shape index (κ2) is 6.47. The predicted molar refractivity (Wildman–Crippen MR) is 68.6 cm³/mol. The van der Waals surface area contributed by atoms with Gasteiger partial charge in [0.2, 0.25) is 5.91 Å². The maximum atomic E-state index is 13.0. The fourth-order valence-corrected chi connectivity index (χ4v) is 2.15. The number of carboxylic acid groups (broad SMARTS) is 1. The lowest BCUT2D eigenvalue weighted by atomic mass is 10.1. The van der Waals surface area contributed by atoms with Crippen LogP contribution in [0.2, 0.25) is 0 Å². The molecular weight excluding hydrogens is 265 g/mol. The number of benzene rings is 1. The van der Waals surface area contributed by atoms with Crippen molar-refractivity contribution in [3.05, 3.63) is 35.6 Å². The molecule has 2 atom stereocenters. The molecule has 20 heavy (non-hydrogen) atoms. The van der Waals surface area contributed by atoms with Crippen molar-refractivity contribution < 1.29 is 23.8 Å². The quantitative estimate of drug-likeness (QED) is 0.848. The van der Waals surface area contributed by atoms with Gasteiger partial charge in [-0.05, 0) is 37.0 Å². The lowest BCUT2D eigenvalue weighted by Crippen LogP contribution is -2.36. The van der Waals surface area contributed by atoms with Gasteiger partial charge >= 0.3 is 5.97 Å². The van der Waals surface area contributed by atoms with Crippen molar-refractivity contribution in [1.82, 2.24) is 5.32 Å². The van der Waals surface area contributed by atoms with E-state index in [1.165, 1.54) is 12.1 Å². The van der Waals surface area contributed by atoms with E-state index in [4.69, 9.17) is 9.84 Å². The number of aliphatic carboxylic acids is 1. The Hall–Kier alpha value is -1.95. The molecule has 0 saturated carbocycles. The largest absolute Gasteiger partial charge is 0.479 e. The van der Waals surface area contributed by atoms with Crippen LogP contribution in [0.3, 0.4) is 0 Å². The lowest BCUT2D eigenvalue weighted by Gasteiger charge is -2.11. The first kappa shape index (κ1) is 14.5. The van der Waals surface area contributed by atoms with E-state index in [9.17, 15) is 14.0 Å². The van der Waals surface area contributed by atoms with E-state index in [0.717, 1.165) is 5.56 Å². The second-order valence-electron chi connectivity index (χ2n) is 4.70. The van der Waals surface area contributed by atoms with Gasteiger partial charge in [-0.15, -0.1) is 0 Å². The van der Waals surface area contributed by atoms with Crippen molar-refractivity contribution in [2.24, 2.45) is 0 Å². The molecule has 0 spiro atoms. The highest BCUT2D eigenvalue weighted by Gasteiger charge is 2.34. The average Bonchev–Trinajstić information content (AvgIpc) is 2.88. The van der Waals surface area contributed by atoms with E-state index < -0.39 is 18.2 Å². The Balaban J connectivity index is 1.75. The van der Waals surface area contributed by atoms with Gasteiger partial charge in [-0.1, -0.05) is 12.1 Å². The molecule has 1 aromatic rings. The highest BCUT2D eigenvalue weighted by molar-refractivity contribution is 5.82. The summed E-state index contributed by atoms with van der Waals surface area (Å²) in [5.41, 5.74) is 0.793. The van der Waals surface area contributed by atoms with Crippen LogP contribution in [0, 0.1) is 5.82 Å². The van der Waals surface area contributed by atoms with Gasteiger partial charge in [-0.2, -0.15) is 0 Å². The number of hydrogen-bond donors (Lipinski definition) is 2. The normalized spacial score (nSPS) is 21.6. The van der Waals surface area contributed by atoms with E-state index >= 15 is 0 Å². The van der Waals surface area contributed by atoms with Crippen molar-refractivity contribution >= 4 is 11.9 Å². The minimum Gasteiger partial charge on any atom is -0.479 e. The number of carboxylic acids is 1. The van der Waals surface area contributed by atoms with Crippen LogP contribution in [-0.2, 0) is 20.7 Å². The third-order valence-electron chi connectivity index (χ3n) is 3.19. The first-order chi connectivity index (χ1) is 9.56. The van der Waals surface area contributed by atoms with Crippen molar-refractivity contribution in [2.45, 2.75) is 31.5 Å². The fourth-order valence-electron chi connectivity index (χ4n) is 2.15. The molecule has 6 heteroatoms. The Bertz CT molecular complexity index is 506. The first-order valence-corrected chi connectivity index (χ1v) is 6.46. The molecule has 5 nitrogen and oxygen atoms in total. The van der Waals surface area contributed by atoms with E-state index in [1.54, 1.807) is 12.1 Å². The van der Waals surface area contributed by atoms with Crippen LogP contribution < -0.4 is 5.32 Å². The Morgan fingerprint density at radius 3 is 2.75 bits per heavy atom. The zero-order valence-corrected chi connectivity index (χ0v) is 10.8. The van der Waals surface area contributed by atoms with Crippen LogP contribution in [0.1, 0.15) is 18.4 Å². The van der Waals surface area contributed by atoms with Crippen LogP contribution in [0.25, 0.3) is 0 Å². The molecule has 1 heterocycles. The van der Waals surface area contributed by atoms with Crippen LogP contribution in [0.5, 0.6) is 0 Å². The molecule has 2 N–H and O–H groups in total. The smallest absolute Gasteiger partial charge is 0.332 e. The summed E-state index contributed by atoms with van der Waals surface area (Å²) < 4.78 is 18.1. The van der Waals surface area contributed by atoms with Gasteiger partial charge in [0.15, 0.2) is 6.10 Å². The summed E-state index contributed by atoms with van der Waals surface area (Å²) in [6, 6.07) is 6.17. The number of nitrogens with one attached hydrogen (secondary N) is 1. The van der Waals surface area contributed by atoms with Crippen LogP contribution in [0.4, 0.5) is 4.39 Å². The number of carbonyl (C=O) groups excluding carboxylic acids is 1. The van der Waals surface area contributed by atoms with Crippen molar-refractivity contribution in [1.29, 1.82) is 0 Å². The Kier molecular flexibility index (Phi) is 4.68. The number of ether oxygens (including phenoxy) is 1. The van der Waals surface area contributed by atoms with Gasteiger partial charge in [-0.3, -0.25) is 4.79 Å². The summed E-state index contributed by atoms with van der Waals surface area (Å²) in [6.07, 6.45) is -0.337. The minimum atomic E-state index is -1.04. The fraction of sp³-hybridized carbons (Fsp3) is 0.429. The zero-order valence-electron chi connectivity index (χ0n) is 10.8. The number of hydrogen-bond acceptors (Lipinski definition) is 3. The summed E-state index contributed by atoms with van der Waals surface area (Å²) in [5.74, 6) is -1.66. The number of carbonyl (C=O) groups is 2. The van der Waals surface area contributed by atoms with Crippen LogP contribution in [0.15, 0.2) is 24.3 Å². The lowest BCUT2D eigenvalue weighted by molar-refractivity contribution is -0.151. The Morgan fingerprint density at radius 1 is 1.35 bits per heavy atom. The molecule has 1 saturated heterocycles. The molecule has 1 aromatic carbocycles. The number of amides is 1. The number of rotatable bonds is 5. The van der Waals surface area contributed by atoms with Gasteiger partial charge in [0.1, 0.15) is 11.9 Å². The maximum absolute atomic E-state index is 13.0. The first-order valence-electron chi connectivity index (χ1n) is 6.46. The molecule has 1 amide bonds. The van der Waals surface area contributed by atoms with E-state index in [1.807, 2.05) is 0 Å². The minimum absolute atomic E-state index is 0.308. The van der Waals surface area contributed by atoms with E-state index in [-0.39, 0.29) is 11.7 Å². The average molecular weight is 281 g/mol. The second-order valence-corrected chi connectivity index (χ2v) is 4.70. The van der Waals surface area contributed by atoms with Gasteiger partial charge in [0.05, 0.1) is 0 Å². The van der Waals surface area contributed by atoms with Crippen LogP contribution >= 0.6 is 0 Å². The Morgan fingerprint density at radius 2 is 2.10 bits per heavy atom. The van der Waals surface area contributed by atoms with Gasteiger partial charge in [-0.25, -0.2) is 9.18 Å². The zero-order chi connectivity index (χ0) is 14.5. The summed E-state index contributed by atoms with van der Waals surface area (Å²) in [5, 5.41) is 11.4. The maximum Gasteiger partial charge on any atom is 0.332 e. The van der Waals surface area contributed by atoms with Crippen LogP contribution in [-0.4, -0.2) is 35.7 Å². The molecule has 0 aliphatic carbocycles.